The Kier molecular flexibility index (Phi) is 7.21. The Balaban J connectivity index is 1.40. The predicted octanol–water partition coefficient (Wildman–Crippen LogP) is 2.90. The number of rotatable bonds is 8. The molecule has 9 heteroatoms. The summed E-state index contributed by atoms with van der Waals surface area (Å²) in [5.74, 6) is -0.784. The number of nitrogens with one attached hydrogen (secondary N) is 1. The molecule has 0 radical (unpaired) electrons. The molecule has 0 unspecified atom stereocenters. The van der Waals surface area contributed by atoms with Gasteiger partial charge in [-0.15, -0.1) is 0 Å². The van der Waals surface area contributed by atoms with Crippen molar-refractivity contribution in [2.45, 2.75) is 6.92 Å². The molecule has 1 amide bonds. The molecular weight excluding hydrogens is 424 g/mol. The summed E-state index contributed by atoms with van der Waals surface area (Å²) >= 11 is 0. The van der Waals surface area contributed by atoms with Gasteiger partial charge >= 0.3 is 5.97 Å². The van der Waals surface area contributed by atoms with Crippen LogP contribution in [0.5, 0.6) is 5.75 Å². The van der Waals surface area contributed by atoms with E-state index < -0.39 is 5.97 Å². The third-order valence-corrected chi connectivity index (χ3v) is 5.06. The third kappa shape index (κ3) is 5.69. The summed E-state index contributed by atoms with van der Waals surface area (Å²) in [5.41, 5.74) is 2.51. The quantitative estimate of drug-likeness (QED) is 0.527. The summed E-state index contributed by atoms with van der Waals surface area (Å²) in [6.45, 7) is 4.76. The van der Waals surface area contributed by atoms with Crippen LogP contribution >= 0.6 is 0 Å². The van der Waals surface area contributed by atoms with Gasteiger partial charge in [-0.25, -0.2) is 9.48 Å². The van der Waals surface area contributed by atoms with Crippen LogP contribution in [0.2, 0.25) is 0 Å². The molecule has 172 valence electrons. The van der Waals surface area contributed by atoms with Gasteiger partial charge in [-0.05, 0) is 43.3 Å². The van der Waals surface area contributed by atoms with E-state index in [9.17, 15) is 9.59 Å². The molecule has 4 rings (SSSR count). The van der Waals surface area contributed by atoms with Crippen LogP contribution in [0.3, 0.4) is 0 Å². The van der Waals surface area contributed by atoms with Gasteiger partial charge in [0.2, 0.25) is 5.69 Å². The standard InChI is InChI=1S/C24H26N4O5/c1-2-32-24(30)23-21(16-28(26-23)20-6-4-3-5-7-20)33-17-22(29)25-18-8-10-19(11-9-18)27-12-14-31-15-13-27/h3-11,16H,2,12-15,17H2,1H3,(H,25,29). The Morgan fingerprint density at radius 3 is 2.45 bits per heavy atom. The molecule has 1 aliphatic heterocycles. The second-order valence-corrected chi connectivity index (χ2v) is 7.33. The summed E-state index contributed by atoms with van der Waals surface area (Å²) < 4.78 is 17.6. The predicted molar refractivity (Wildman–Crippen MR) is 123 cm³/mol. The summed E-state index contributed by atoms with van der Waals surface area (Å²) in [7, 11) is 0. The van der Waals surface area contributed by atoms with Crippen molar-refractivity contribution in [3.63, 3.8) is 0 Å². The van der Waals surface area contributed by atoms with Gasteiger partial charge in [0.05, 0.1) is 31.7 Å². The highest BCUT2D eigenvalue weighted by Gasteiger charge is 2.21. The van der Waals surface area contributed by atoms with Crippen LogP contribution in [0.4, 0.5) is 11.4 Å². The monoisotopic (exact) mass is 450 g/mol. The average molecular weight is 450 g/mol. The zero-order chi connectivity index (χ0) is 23.0. The van der Waals surface area contributed by atoms with Crippen molar-refractivity contribution in [3.05, 3.63) is 66.5 Å². The summed E-state index contributed by atoms with van der Waals surface area (Å²) in [6, 6.07) is 16.9. The van der Waals surface area contributed by atoms with Crippen LogP contribution in [0.15, 0.2) is 60.8 Å². The summed E-state index contributed by atoms with van der Waals surface area (Å²) in [4.78, 5) is 27.0. The maximum absolute atomic E-state index is 12.4. The number of nitrogens with zero attached hydrogens (tertiary/aromatic N) is 3. The molecule has 3 aromatic rings. The number of carbonyl (C=O) groups is 2. The minimum atomic E-state index is -0.610. The molecule has 1 aliphatic rings. The molecule has 1 aromatic heterocycles. The van der Waals surface area contributed by atoms with Crippen molar-refractivity contribution in [2.75, 3.05) is 49.7 Å². The number of hydrogen-bond acceptors (Lipinski definition) is 7. The lowest BCUT2D eigenvalue weighted by molar-refractivity contribution is -0.118. The van der Waals surface area contributed by atoms with Gasteiger partial charge in [-0.3, -0.25) is 4.79 Å². The molecule has 0 saturated carbocycles. The first kappa shape index (κ1) is 22.3. The van der Waals surface area contributed by atoms with Crippen molar-refractivity contribution in [1.82, 2.24) is 9.78 Å². The minimum absolute atomic E-state index is 0.0170. The van der Waals surface area contributed by atoms with Gasteiger partial charge in [0.25, 0.3) is 5.91 Å². The van der Waals surface area contributed by atoms with Crippen molar-refractivity contribution in [2.24, 2.45) is 0 Å². The number of morpholine rings is 1. The van der Waals surface area contributed by atoms with E-state index in [1.54, 1.807) is 13.1 Å². The topological polar surface area (TPSA) is 94.9 Å². The number of para-hydroxylation sites is 1. The molecule has 2 heterocycles. The number of ether oxygens (including phenoxy) is 3. The average Bonchev–Trinajstić information content (AvgIpc) is 3.29. The molecule has 1 N–H and O–H groups in total. The van der Waals surface area contributed by atoms with Gasteiger partial charge < -0.3 is 24.4 Å². The van der Waals surface area contributed by atoms with Crippen LogP contribution in [-0.2, 0) is 14.3 Å². The number of benzene rings is 2. The second-order valence-electron chi connectivity index (χ2n) is 7.33. The molecular formula is C24H26N4O5. The van der Waals surface area contributed by atoms with Gasteiger partial charge in [0.15, 0.2) is 12.4 Å². The molecule has 1 saturated heterocycles. The molecule has 0 bridgehead atoms. The fraction of sp³-hybridized carbons (Fsp3) is 0.292. The fourth-order valence-electron chi connectivity index (χ4n) is 3.44. The number of amides is 1. The number of anilines is 2. The van der Waals surface area contributed by atoms with Crippen LogP contribution in [0.25, 0.3) is 5.69 Å². The molecule has 1 fully saturated rings. The van der Waals surface area contributed by atoms with E-state index in [4.69, 9.17) is 14.2 Å². The van der Waals surface area contributed by atoms with Crippen LogP contribution in [-0.4, -0.2) is 61.2 Å². The maximum atomic E-state index is 12.4. The fourth-order valence-corrected chi connectivity index (χ4v) is 3.44. The smallest absolute Gasteiger partial charge is 0.362 e. The lowest BCUT2D eigenvalue weighted by Gasteiger charge is -2.28. The molecule has 33 heavy (non-hydrogen) atoms. The van der Waals surface area contributed by atoms with Gasteiger partial charge in [-0.2, -0.15) is 5.10 Å². The molecule has 0 aliphatic carbocycles. The normalized spacial score (nSPS) is 13.4. The first-order valence-electron chi connectivity index (χ1n) is 10.8. The van der Waals surface area contributed by atoms with Crippen LogP contribution < -0.4 is 15.0 Å². The van der Waals surface area contributed by atoms with Gasteiger partial charge in [-0.1, -0.05) is 18.2 Å². The third-order valence-electron chi connectivity index (χ3n) is 5.06. The molecule has 9 nitrogen and oxygen atoms in total. The Hall–Kier alpha value is -3.85. The maximum Gasteiger partial charge on any atom is 0.362 e. The lowest BCUT2D eigenvalue weighted by atomic mass is 10.2. The zero-order valence-corrected chi connectivity index (χ0v) is 18.4. The van der Waals surface area contributed by atoms with E-state index in [-0.39, 0.29) is 30.6 Å². The number of hydrogen-bond donors (Lipinski definition) is 1. The first-order valence-corrected chi connectivity index (χ1v) is 10.8. The molecule has 2 aromatic carbocycles. The van der Waals surface area contributed by atoms with Crippen LogP contribution in [0, 0.1) is 0 Å². The van der Waals surface area contributed by atoms with E-state index in [1.165, 1.54) is 4.68 Å². The molecule has 0 atom stereocenters. The summed E-state index contributed by atoms with van der Waals surface area (Å²) in [6.07, 6.45) is 1.56. The Morgan fingerprint density at radius 2 is 1.76 bits per heavy atom. The van der Waals surface area contributed by atoms with Gasteiger partial charge in [0.1, 0.15) is 0 Å². The Labute approximate surface area is 191 Å². The highest BCUT2D eigenvalue weighted by atomic mass is 16.5. The second kappa shape index (κ2) is 10.6. The first-order chi connectivity index (χ1) is 16.1. The minimum Gasteiger partial charge on any atom is -0.480 e. The van der Waals surface area contributed by atoms with Crippen molar-refractivity contribution in [1.29, 1.82) is 0 Å². The van der Waals surface area contributed by atoms with E-state index in [1.807, 2.05) is 54.6 Å². The summed E-state index contributed by atoms with van der Waals surface area (Å²) in [5, 5.41) is 7.09. The van der Waals surface area contributed by atoms with Crippen LogP contribution in [0.1, 0.15) is 17.4 Å². The van der Waals surface area contributed by atoms with E-state index in [2.05, 4.69) is 15.3 Å². The van der Waals surface area contributed by atoms with E-state index >= 15 is 0 Å². The SMILES string of the molecule is CCOC(=O)c1nn(-c2ccccc2)cc1OCC(=O)Nc1ccc(N2CCOCC2)cc1. The lowest BCUT2D eigenvalue weighted by Crippen LogP contribution is -2.36. The highest BCUT2D eigenvalue weighted by Crippen LogP contribution is 2.22. The highest BCUT2D eigenvalue weighted by molar-refractivity contribution is 5.93. The van der Waals surface area contributed by atoms with E-state index in [0.717, 1.165) is 24.5 Å². The van der Waals surface area contributed by atoms with Crippen molar-refractivity contribution >= 4 is 23.3 Å². The Morgan fingerprint density at radius 1 is 1.03 bits per heavy atom. The molecule has 0 spiro atoms. The zero-order valence-electron chi connectivity index (χ0n) is 18.4. The van der Waals surface area contributed by atoms with E-state index in [0.29, 0.717) is 18.9 Å². The van der Waals surface area contributed by atoms with Crippen molar-refractivity contribution in [3.8, 4) is 11.4 Å². The number of aromatic nitrogens is 2. The number of carbonyl (C=O) groups excluding carboxylic acids is 2. The van der Waals surface area contributed by atoms with Gasteiger partial charge in [0, 0.05) is 24.5 Å². The number of esters is 1. The Bertz CT molecular complexity index is 1080. The largest absolute Gasteiger partial charge is 0.480 e. The van der Waals surface area contributed by atoms with Crippen molar-refractivity contribution < 1.29 is 23.8 Å².